The third-order valence-electron chi connectivity index (χ3n) is 1.51. The second kappa shape index (κ2) is 4.25. The lowest BCUT2D eigenvalue weighted by atomic mass is 10.2. The van der Waals surface area contributed by atoms with Crippen LogP contribution >= 0.6 is 0 Å². The fourth-order valence-corrected chi connectivity index (χ4v) is 0.914. The molecule has 0 heterocycles. The normalized spacial score (nSPS) is 8.93. The van der Waals surface area contributed by atoms with E-state index in [-0.39, 0.29) is 12.2 Å². The average molecular weight is 193 g/mol. The van der Waals surface area contributed by atoms with Gasteiger partial charge >= 0.3 is 5.69 Å². The number of phenolic OH excluding ortho intramolecular Hbond substituents is 1. The van der Waals surface area contributed by atoms with Crippen molar-refractivity contribution in [1.29, 1.82) is 0 Å². The Labute approximate surface area is 79.8 Å². The van der Waals surface area contributed by atoms with Crippen molar-refractivity contribution < 1.29 is 15.1 Å². The van der Waals surface area contributed by atoms with E-state index >= 15 is 0 Å². The van der Waals surface area contributed by atoms with Crippen LogP contribution in [0.5, 0.6) is 5.75 Å². The zero-order chi connectivity index (χ0) is 10.6. The highest BCUT2D eigenvalue weighted by molar-refractivity contribution is 5.56. The van der Waals surface area contributed by atoms with Gasteiger partial charge in [0.15, 0.2) is 0 Å². The monoisotopic (exact) mass is 193 g/mol. The molecule has 0 saturated heterocycles. The Hall–Kier alpha value is -2.06. The van der Waals surface area contributed by atoms with Gasteiger partial charge in [0.05, 0.1) is 10.5 Å². The summed E-state index contributed by atoms with van der Waals surface area (Å²) in [5.41, 5.74) is -0.261. The molecule has 5 heteroatoms. The van der Waals surface area contributed by atoms with Gasteiger partial charge in [0, 0.05) is 6.07 Å². The van der Waals surface area contributed by atoms with Gasteiger partial charge in [0.2, 0.25) is 5.75 Å². The van der Waals surface area contributed by atoms with Crippen LogP contribution in [-0.2, 0) is 0 Å². The Balaban J connectivity index is 3.20. The summed E-state index contributed by atoms with van der Waals surface area (Å²) in [5.74, 6) is 4.22. The van der Waals surface area contributed by atoms with Crippen LogP contribution in [0.1, 0.15) is 5.56 Å². The number of rotatable bonds is 1. The van der Waals surface area contributed by atoms with Crippen molar-refractivity contribution in [3.05, 3.63) is 33.9 Å². The fraction of sp³-hybridized carbons (Fsp3) is 0.111. The van der Waals surface area contributed by atoms with Gasteiger partial charge in [-0.3, -0.25) is 10.1 Å². The molecule has 5 nitrogen and oxygen atoms in total. The molecule has 1 aromatic rings. The lowest BCUT2D eigenvalue weighted by Crippen LogP contribution is -1.90. The first-order valence-corrected chi connectivity index (χ1v) is 3.73. The van der Waals surface area contributed by atoms with Crippen molar-refractivity contribution in [2.75, 3.05) is 6.61 Å². The predicted octanol–water partition coefficient (Wildman–Crippen LogP) is 0.644. The molecule has 72 valence electrons. The first-order valence-electron chi connectivity index (χ1n) is 3.73. The van der Waals surface area contributed by atoms with Crippen LogP contribution in [0.2, 0.25) is 0 Å². The van der Waals surface area contributed by atoms with Crippen LogP contribution < -0.4 is 0 Å². The standard InChI is InChI=1S/C9H7NO4/c11-6-2-4-7-3-1-5-8(9(7)12)10(13)14/h1,3,5,11-12H,6H2. The van der Waals surface area contributed by atoms with Crippen LogP contribution in [0.3, 0.4) is 0 Å². The van der Waals surface area contributed by atoms with E-state index in [9.17, 15) is 15.2 Å². The Bertz CT molecular complexity index is 417. The Morgan fingerprint density at radius 2 is 2.21 bits per heavy atom. The molecule has 0 aliphatic heterocycles. The van der Waals surface area contributed by atoms with Crippen molar-refractivity contribution in [3.8, 4) is 17.6 Å². The lowest BCUT2D eigenvalue weighted by molar-refractivity contribution is -0.385. The van der Waals surface area contributed by atoms with E-state index in [1.54, 1.807) is 0 Å². The van der Waals surface area contributed by atoms with Crippen LogP contribution in [0, 0.1) is 22.0 Å². The van der Waals surface area contributed by atoms with Crippen molar-refractivity contribution in [3.63, 3.8) is 0 Å². The molecule has 0 amide bonds. The third-order valence-corrected chi connectivity index (χ3v) is 1.51. The molecule has 1 aromatic carbocycles. The lowest BCUT2D eigenvalue weighted by Gasteiger charge is -1.97. The molecule has 0 radical (unpaired) electrons. The molecule has 1 rings (SSSR count). The second-order valence-electron chi connectivity index (χ2n) is 2.39. The molecule has 0 aliphatic carbocycles. The summed E-state index contributed by atoms with van der Waals surface area (Å²) in [6.45, 7) is -0.359. The number of nitro groups is 1. The van der Waals surface area contributed by atoms with Gasteiger partial charge in [-0.05, 0) is 6.07 Å². The van der Waals surface area contributed by atoms with Crippen LogP contribution in [0.25, 0.3) is 0 Å². The topological polar surface area (TPSA) is 83.6 Å². The third kappa shape index (κ3) is 2.00. The van der Waals surface area contributed by atoms with Crippen molar-refractivity contribution in [2.24, 2.45) is 0 Å². The molecule has 0 aromatic heterocycles. The summed E-state index contributed by atoms with van der Waals surface area (Å²) in [7, 11) is 0. The van der Waals surface area contributed by atoms with E-state index in [4.69, 9.17) is 5.11 Å². The van der Waals surface area contributed by atoms with Gasteiger partial charge in [0.25, 0.3) is 0 Å². The molecular formula is C9H7NO4. The Morgan fingerprint density at radius 1 is 1.50 bits per heavy atom. The molecule has 14 heavy (non-hydrogen) atoms. The van der Waals surface area contributed by atoms with E-state index in [2.05, 4.69) is 11.8 Å². The minimum absolute atomic E-state index is 0.133. The Kier molecular flexibility index (Phi) is 3.05. The van der Waals surface area contributed by atoms with E-state index in [1.165, 1.54) is 18.2 Å². The number of phenols is 1. The molecule has 0 spiro atoms. The first-order chi connectivity index (χ1) is 6.66. The van der Waals surface area contributed by atoms with Gasteiger partial charge in [-0.15, -0.1) is 0 Å². The highest BCUT2D eigenvalue weighted by Crippen LogP contribution is 2.28. The minimum atomic E-state index is -0.695. The highest BCUT2D eigenvalue weighted by Gasteiger charge is 2.14. The Morgan fingerprint density at radius 3 is 2.79 bits per heavy atom. The highest BCUT2D eigenvalue weighted by atomic mass is 16.6. The molecule has 0 atom stereocenters. The van der Waals surface area contributed by atoms with E-state index in [0.717, 1.165) is 0 Å². The molecule has 0 saturated carbocycles. The number of nitro benzene ring substituents is 1. The van der Waals surface area contributed by atoms with Gasteiger partial charge in [-0.2, -0.15) is 0 Å². The van der Waals surface area contributed by atoms with Crippen molar-refractivity contribution in [2.45, 2.75) is 0 Å². The molecule has 2 N–H and O–H groups in total. The first kappa shape index (κ1) is 10.0. The van der Waals surface area contributed by atoms with Crippen LogP contribution in [0.15, 0.2) is 18.2 Å². The van der Waals surface area contributed by atoms with Crippen molar-refractivity contribution in [1.82, 2.24) is 0 Å². The SMILES string of the molecule is O=[N+]([O-])c1cccc(C#CCO)c1O. The smallest absolute Gasteiger partial charge is 0.312 e. The number of hydrogen-bond donors (Lipinski definition) is 2. The second-order valence-corrected chi connectivity index (χ2v) is 2.39. The summed E-state index contributed by atoms with van der Waals surface area (Å²) in [6.07, 6.45) is 0. The average Bonchev–Trinajstić information content (AvgIpc) is 2.16. The van der Waals surface area contributed by atoms with Gasteiger partial charge in [-0.25, -0.2) is 0 Å². The summed E-state index contributed by atoms with van der Waals surface area (Å²) in [5, 5.41) is 28.2. The van der Waals surface area contributed by atoms with Crippen LogP contribution in [0.4, 0.5) is 5.69 Å². The number of nitrogens with zero attached hydrogens (tertiary/aromatic N) is 1. The van der Waals surface area contributed by atoms with Crippen molar-refractivity contribution >= 4 is 5.69 Å². The fourth-order valence-electron chi connectivity index (χ4n) is 0.914. The molecule has 0 bridgehead atoms. The summed E-state index contributed by atoms with van der Waals surface area (Å²) >= 11 is 0. The minimum Gasteiger partial charge on any atom is -0.501 e. The maximum Gasteiger partial charge on any atom is 0.312 e. The number of benzene rings is 1. The van der Waals surface area contributed by atoms with Crippen LogP contribution in [-0.4, -0.2) is 21.7 Å². The number of hydrogen-bond acceptors (Lipinski definition) is 4. The quantitative estimate of drug-likeness (QED) is 0.389. The maximum absolute atomic E-state index is 10.4. The summed E-state index contributed by atoms with van der Waals surface area (Å²) in [6, 6.07) is 4.03. The molecule has 0 unspecified atom stereocenters. The molecule has 0 aliphatic rings. The molecule has 0 fully saturated rings. The van der Waals surface area contributed by atoms with Gasteiger partial charge in [-0.1, -0.05) is 17.9 Å². The maximum atomic E-state index is 10.4. The number of aromatic hydroxyl groups is 1. The zero-order valence-corrected chi connectivity index (χ0v) is 7.10. The van der Waals surface area contributed by atoms with E-state index in [0.29, 0.717) is 0 Å². The van der Waals surface area contributed by atoms with Gasteiger partial charge < -0.3 is 10.2 Å². The number of para-hydroxylation sites is 1. The summed E-state index contributed by atoms with van der Waals surface area (Å²) in [4.78, 5) is 9.70. The van der Waals surface area contributed by atoms with E-state index < -0.39 is 16.4 Å². The summed E-state index contributed by atoms with van der Waals surface area (Å²) < 4.78 is 0. The predicted molar refractivity (Wildman–Crippen MR) is 48.7 cm³/mol. The number of aliphatic hydroxyl groups is 1. The molecular weight excluding hydrogens is 186 g/mol. The largest absolute Gasteiger partial charge is 0.501 e. The van der Waals surface area contributed by atoms with Gasteiger partial charge in [0.1, 0.15) is 6.61 Å². The van der Waals surface area contributed by atoms with E-state index in [1.807, 2.05) is 0 Å². The zero-order valence-electron chi connectivity index (χ0n) is 7.10. The number of aliphatic hydroxyl groups excluding tert-OH is 1.